The van der Waals surface area contributed by atoms with E-state index in [1.165, 1.54) is 6.08 Å². The standard InChI is InChI=1S/C6H5Cl3O2/c7-2-1-3(8)5(10)6(11)4(2)9/h1,5-6,10-11H/t5-,6+/m1/s1. The van der Waals surface area contributed by atoms with Crippen molar-refractivity contribution in [2.45, 2.75) is 12.2 Å². The van der Waals surface area contributed by atoms with E-state index >= 15 is 0 Å². The number of aliphatic hydroxyl groups excluding tert-OH is 2. The van der Waals surface area contributed by atoms with Crippen LogP contribution in [0, 0.1) is 0 Å². The summed E-state index contributed by atoms with van der Waals surface area (Å²) in [4.78, 5) is 0. The number of hydrogen-bond donors (Lipinski definition) is 2. The fourth-order valence-corrected chi connectivity index (χ4v) is 1.39. The van der Waals surface area contributed by atoms with Gasteiger partial charge in [-0.05, 0) is 6.08 Å². The molecule has 1 aliphatic rings. The highest BCUT2D eigenvalue weighted by Gasteiger charge is 2.28. The summed E-state index contributed by atoms with van der Waals surface area (Å²) < 4.78 is 0. The molecule has 11 heavy (non-hydrogen) atoms. The first-order valence-corrected chi connectivity index (χ1v) is 3.96. The molecule has 1 aliphatic carbocycles. The van der Waals surface area contributed by atoms with Crippen molar-refractivity contribution in [3.8, 4) is 0 Å². The van der Waals surface area contributed by atoms with Gasteiger partial charge in [0.25, 0.3) is 0 Å². The second-order valence-corrected chi connectivity index (χ2v) is 3.37. The van der Waals surface area contributed by atoms with Crippen molar-refractivity contribution in [1.29, 1.82) is 0 Å². The van der Waals surface area contributed by atoms with Crippen LogP contribution in [0.15, 0.2) is 21.2 Å². The highest BCUT2D eigenvalue weighted by atomic mass is 35.5. The lowest BCUT2D eigenvalue weighted by Gasteiger charge is -2.21. The van der Waals surface area contributed by atoms with E-state index < -0.39 is 12.2 Å². The summed E-state index contributed by atoms with van der Waals surface area (Å²) in [6.07, 6.45) is -1.06. The SMILES string of the molecule is O[C@@H]1C(Cl)=CC(Cl)=C(Cl)[C@@H]1O. The molecule has 0 heterocycles. The molecule has 0 bridgehead atoms. The first-order valence-electron chi connectivity index (χ1n) is 2.82. The zero-order valence-electron chi connectivity index (χ0n) is 5.26. The Kier molecular flexibility index (Phi) is 2.84. The molecule has 0 aromatic carbocycles. The molecule has 62 valence electrons. The molecule has 2 nitrogen and oxygen atoms in total. The maximum absolute atomic E-state index is 9.14. The van der Waals surface area contributed by atoms with Crippen LogP contribution in [-0.2, 0) is 0 Å². The molecule has 0 unspecified atom stereocenters. The van der Waals surface area contributed by atoms with Crippen LogP contribution in [-0.4, -0.2) is 22.4 Å². The van der Waals surface area contributed by atoms with E-state index in [1.54, 1.807) is 0 Å². The zero-order valence-corrected chi connectivity index (χ0v) is 7.53. The summed E-state index contributed by atoms with van der Waals surface area (Å²) in [7, 11) is 0. The van der Waals surface area contributed by atoms with Crippen molar-refractivity contribution >= 4 is 34.8 Å². The molecule has 0 aromatic heterocycles. The van der Waals surface area contributed by atoms with Gasteiger partial charge >= 0.3 is 0 Å². The van der Waals surface area contributed by atoms with Crippen molar-refractivity contribution in [3.63, 3.8) is 0 Å². The molecule has 2 atom stereocenters. The number of allylic oxidation sites excluding steroid dienone is 2. The average Bonchev–Trinajstić information content (AvgIpc) is 1.97. The lowest BCUT2D eigenvalue weighted by molar-refractivity contribution is 0.0731. The molecule has 0 spiro atoms. The van der Waals surface area contributed by atoms with Crippen LogP contribution in [0.3, 0.4) is 0 Å². The van der Waals surface area contributed by atoms with E-state index in [4.69, 9.17) is 45.0 Å². The van der Waals surface area contributed by atoms with E-state index in [9.17, 15) is 0 Å². The van der Waals surface area contributed by atoms with Gasteiger partial charge in [0, 0.05) is 0 Å². The Hall–Kier alpha value is 0.270. The lowest BCUT2D eigenvalue weighted by atomic mass is 10.1. The van der Waals surface area contributed by atoms with Crippen LogP contribution in [0.5, 0.6) is 0 Å². The van der Waals surface area contributed by atoms with Gasteiger partial charge in [-0.2, -0.15) is 0 Å². The van der Waals surface area contributed by atoms with Crippen LogP contribution in [0.1, 0.15) is 0 Å². The van der Waals surface area contributed by atoms with Crippen LogP contribution < -0.4 is 0 Å². The van der Waals surface area contributed by atoms with E-state index in [1.807, 2.05) is 0 Å². The molecule has 1 rings (SSSR count). The summed E-state index contributed by atoms with van der Waals surface area (Å²) in [5.74, 6) is 0. The second kappa shape index (κ2) is 3.33. The van der Waals surface area contributed by atoms with Crippen LogP contribution in [0.4, 0.5) is 0 Å². The minimum absolute atomic E-state index is 0.0172. The van der Waals surface area contributed by atoms with Crippen LogP contribution >= 0.6 is 34.8 Å². The fourth-order valence-electron chi connectivity index (χ4n) is 0.706. The van der Waals surface area contributed by atoms with E-state index in [-0.39, 0.29) is 15.1 Å². The molecule has 0 fully saturated rings. The minimum Gasteiger partial charge on any atom is -0.384 e. The summed E-state index contributed by atoms with van der Waals surface area (Å²) in [6.45, 7) is 0. The molecule has 5 heteroatoms. The van der Waals surface area contributed by atoms with Gasteiger partial charge in [0.1, 0.15) is 12.2 Å². The third-order valence-electron chi connectivity index (χ3n) is 1.33. The number of halogens is 3. The predicted molar refractivity (Wildman–Crippen MR) is 44.7 cm³/mol. The van der Waals surface area contributed by atoms with Crippen molar-refractivity contribution in [2.24, 2.45) is 0 Å². The quantitative estimate of drug-likeness (QED) is 0.643. The summed E-state index contributed by atoms with van der Waals surface area (Å²) >= 11 is 16.5. The maximum atomic E-state index is 9.14. The average molecular weight is 215 g/mol. The summed E-state index contributed by atoms with van der Waals surface area (Å²) in [6, 6.07) is 0. The summed E-state index contributed by atoms with van der Waals surface area (Å²) in [5, 5.41) is 18.5. The number of rotatable bonds is 0. The Labute approximate surface area is 78.7 Å². The van der Waals surface area contributed by atoms with Crippen molar-refractivity contribution in [1.82, 2.24) is 0 Å². The van der Waals surface area contributed by atoms with Gasteiger partial charge in [0.15, 0.2) is 0 Å². The summed E-state index contributed by atoms with van der Waals surface area (Å²) in [5.41, 5.74) is 0. The highest BCUT2D eigenvalue weighted by molar-refractivity contribution is 6.42. The molecular formula is C6H5Cl3O2. The third kappa shape index (κ3) is 1.71. The first-order chi connectivity index (χ1) is 5.04. The molecular weight excluding hydrogens is 210 g/mol. The molecule has 2 N–H and O–H groups in total. The second-order valence-electron chi connectivity index (χ2n) is 2.11. The fraction of sp³-hybridized carbons (Fsp3) is 0.333. The lowest BCUT2D eigenvalue weighted by Crippen LogP contribution is -2.29. The largest absolute Gasteiger partial charge is 0.384 e. The minimum atomic E-state index is -1.21. The molecule has 0 saturated carbocycles. The van der Waals surface area contributed by atoms with Gasteiger partial charge < -0.3 is 10.2 Å². The van der Waals surface area contributed by atoms with Gasteiger partial charge in [0.05, 0.1) is 15.1 Å². The van der Waals surface area contributed by atoms with Gasteiger partial charge in [-0.15, -0.1) is 0 Å². The first kappa shape index (κ1) is 9.36. The third-order valence-corrected chi connectivity index (χ3v) is 2.50. The van der Waals surface area contributed by atoms with E-state index in [0.717, 1.165) is 0 Å². The molecule has 0 aromatic rings. The normalized spacial score (nSPS) is 32.3. The van der Waals surface area contributed by atoms with Gasteiger partial charge in [0.2, 0.25) is 0 Å². The van der Waals surface area contributed by atoms with E-state index in [0.29, 0.717) is 0 Å². The highest BCUT2D eigenvalue weighted by Crippen LogP contribution is 2.31. The van der Waals surface area contributed by atoms with Crippen LogP contribution in [0.2, 0.25) is 0 Å². The Balaban J connectivity index is 3.01. The van der Waals surface area contributed by atoms with Gasteiger partial charge in [-0.25, -0.2) is 0 Å². The Morgan fingerprint density at radius 3 is 2.18 bits per heavy atom. The van der Waals surface area contributed by atoms with Crippen LogP contribution in [0.25, 0.3) is 0 Å². The van der Waals surface area contributed by atoms with Crippen molar-refractivity contribution in [2.75, 3.05) is 0 Å². The monoisotopic (exact) mass is 214 g/mol. The van der Waals surface area contributed by atoms with Gasteiger partial charge in [-0.1, -0.05) is 34.8 Å². The van der Waals surface area contributed by atoms with E-state index in [2.05, 4.69) is 0 Å². The van der Waals surface area contributed by atoms with Crippen molar-refractivity contribution in [3.05, 3.63) is 21.2 Å². The molecule has 0 aliphatic heterocycles. The molecule has 0 radical (unpaired) electrons. The van der Waals surface area contributed by atoms with Gasteiger partial charge in [-0.3, -0.25) is 0 Å². The zero-order chi connectivity index (χ0) is 8.59. The predicted octanol–water partition coefficient (Wildman–Crippen LogP) is 1.53. The topological polar surface area (TPSA) is 40.5 Å². The molecule has 0 amide bonds. The smallest absolute Gasteiger partial charge is 0.122 e. The Bertz CT molecular complexity index is 234. The Morgan fingerprint density at radius 1 is 1.09 bits per heavy atom. The molecule has 0 saturated heterocycles. The number of hydrogen-bond acceptors (Lipinski definition) is 2. The maximum Gasteiger partial charge on any atom is 0.122 e. The number of aliphatic hydroxyl groups is 2. The Morgan fingerprint density at radius 2 is 1.64 bits per heavy atom. The van der Waals surface area contributed by atoms with Crippen molar-refractivity contribution < 1.29 is 10.2 Å².